The van der Waals surface area contributed by atoms with Gasteiger partial charge in [0.05, 0.1) is 11.4 Å². The molecule has 0 aromatic heterocycles. The van der Waals surface area contributed by atoms with E-state index in [4.69, 9.17) is 25.8 Å². The first kappa shape index (κ1) is 22.4. The van der Waals surface area contributed by atoms with Crippen LogP contribution in [0, 0.1) is 6.92 Å². The molecule has 8 heteroatoms. The molecule has 0 atom stereocenters. The van der Waals surface area contributed by atoms with Gasteiger partial charge in [0.15, 0.2) is 11.5 Å². The van der Waals surface area contributed by atoms with E-state index >= 15 is 0 Å². The zero-order valence-electron chi connectivity index (χ0n) is 18.2. The number of imide groups is 1. The van der Waals surface area contributed by atoms with Crippen molar-refractivity contribution in [1.29, 1.82) is 0 Å². The third kappa shape index (κ3) is 4.76. The molecule has 0 spiro atoms. The zero-order valence-corrected chi connectivity index (χ0v) is 19.8. The highest BCUT2D eigenvalue weighted by Gasteiger charge is 2.35. The summed E-state index contributed by atoms with van der Waals surface area (Å²) in [6.07, 6.45) is 1.70. The molecule has 3 aromatic carbocycles. The monoisotopic (exact) mass is 493 g/mol. The van der Waals surface area contributed by atoms with E-state index in [0.29, 0.717) is 39.3 Å². The second-order valence-corrected chi connectivity index (χ2v) is 9.31. The van der Waals surface area contributed by atoms with Gasteiger partial charge in [-0.05, 0) is 59.7 Å². The summed E-state index contributed by atoms with van der Waals surface area (Å²) in [5.41, 5.74) is 3.65. The molecule has 5 rings (SSSR count). The first-order chi connectivity index (χ1) is 16.5. The average molecular weight is 494 g/mol. The fourth-order valence-corrected chi connectivity index (χ4v) is 4.64. The molecule has 1 saturated heterocycles. The number of hydrogen-bond acceptors (Lipinski definition) is 6. The van der Waals surface area contributed by atoms with Gasteiger partial charge in [-0.3, -0.25) is 14.5 Å². The van der Waals surface area contributed by atoms with E-state index in [1.807, 2.05) is 55.5 Å². The number of carbonyl (C=O) groups excluding carboxylic acids is 2. The van der Waals surface area contributed by atoms with Crippen molar-refractivity contribution in [1.82, 2.24) is 4.90 Å². The summed E-state index contributed by atoms with van der Waals surface area (Å²) in [7, 11) is 0. The highest BCUT2D eigenvalue weighted by molar-refractivity contribution is 8.18. The van der Waals surface area contributed by atoms with Gasteiger partial charge >= 0.3 is 0 Å². The Labute approximate surface area is 206 Å². The van der Waals surface area contributed by atoms with Gasteiger partial charge in [0.1, 0.15) is 12.4 Å². The normalized spacial score (nSPS) is 15.9. The molecule has 6 nitrogen and oxygen atoms in total. The van der Waals surface area contributed by atoms with Crippen LogP contribution in [0.4, 0.5) is 4.79 Å². The van der Waals surface area contributed by atoms with Gasteiger partial charge in [-0.1, -0.05) is 53.6 Å². The minimum atomic E-state index is -0.366. The van der Waals surface area contributed by atoms with Crippen LogP contribution in [0.15, 0.2) is 65.6 Å². The molecule has 34 heavy (non-hydrogen) atoms. The molecule has 0 aliphatic carbocycles. The molecule has 2 aliphatic rings. The zero-order chi connectivity index (χ0) is 23.7. The number of fused-ring (bicyclic) bond motifs is 1. The van der Waals surface area contributed by atoms with Gasteiger partial charge in [0.2, 0.25) is 6.79 Å². The van der Waals surface area contributed by atoms with Gasteiger partial charge in [-0.25, -0.2) is 0 Å². The fourth-order valence-electron chi connectivity index (χ4n) is 3.58. The van der Waals surface area contributed by atoms with E-state index in [1.165, 1.54) is 10.5 Å². The van der Waals surface area contributed by atoms with E-state index in [1.54, 1.807) is 18.2 Å². The maximum Gasteiger partial charge on any atom is 0.293 e. The number of benzene rings is 3. The maximum atomic E-state index is 13.0. The van der Waals surface area contributed by atoms with Crippen LogP contribution in [0.2, 0.25) is 5.02 Å². The Morgan fingerprint density at radius 1 is 1.06 bits per heavy atom. The van der Waals surface area contributed by atoms with Crippen molar-refractivity contribution in [2.24, 2.45) is 0 Å². The number of nitrogens with zero attached hydrogens (tertiary/aromatic N) is 1. The number of hydrogen-bond donors (Lipinski definition) is 0. The van der Waals surface area contributed by atoms with Gasteiger partial charge in [0.25, 0.3) is 11.1 Å². The Morgan fingerprint density at radius 3 is 2.62 bits per heavy atom. The van der Waals surface area contributed by atoms with Crippen molar-refractivity contribution >= 4 is 40.6 Å². The Kier molecular flexibility index (Phi) is 6.22. The van der Waals surface area contributed by atoms with E-state index in [2.05, 4.69) is 0 Å². The number of carbonyl (C=O) groups is 2. The standard InChI is InChI=1S/C26H20ClNO5S/c1-16-5-7-17(8-6-16)14-31-20-4-2-3-18(9-20)10-24-25(29)28(26(30)34-24)13-19-11-22-23(12-21(19)27)33-15-32-22/h2-12H,13-15H2,1H3/b24-10-. The van der Waals surface area contributed by atoms with Crippen LogP contribution in [0.25, 0.3) is 6.08 Å². The Bertz CT molecular complexity index is 1310. The molecule has 0 bridgehead atoms. The van der Waals surface area contributed by atoms with Crippen molar-refractivity contribution in [2.75, 3.05) is 6.79 Å². The van der Waals surface area contributed by atoms with Crippen LogP contribution < -0.4 is 14.2 Å². The Balaban J connectivity index is 1.29. The van der Waals surface area contributed by atoms with Crippen LogP contribution in [-0.4, -0.2) is 22.8 Å². The SMILES string of the molecule is Cc1ccc(COc2cccc(/C=C3\SC(=O)N(Cc4cc5c(cc4Cl)OCO5)C3=O)c2)cc1. The number of rotatable bonds is 6. The maximum absolute atomic E-state index is 13.0. The van der Waals surface area contributed by atoms with E-state index in [9.17, 15) is 9.59 Å². The second kappa shape index (κ2) is 9.44. The highest BCUT2D eigenvalue weighted by Crippen LogP contribution is 2.39. The molecule has 3 aromatic rings. The van der Waals surface area contributed by atoms with E-state index < -0.39 is 0 Å². The van der Waals surface area contributed by atoms with E-state index in [0.717, 1.165) is 22.9 Å². The molecule has 2 aliphatic heterocycles. The van der Waals surface area contributed by atoms with Crippen molar-refractivity contribution in [2.45, 2.75) is 20.1 Å². The fraction of sp³-hybridized carbons (Fsp3) is 0.154. The van der Waals surface area contributed by atoms with Crippen LogP contribution >= 0.6 is 23.4 Å². The summed E-state index contributed by atoms with van der Waals surface area (Å²) in [5, 5.41) is 0.0578. The molecule has 0 radical (unpaired) electrons. The molecular formula is C26H20ClNO5S. The lowest BCUT2D eigenvalue weighted by Crippen LogP contribution is -2.27. The topological polar surface area (TPSA) is 65.1 Å². The van der Waals surface area contributed by atoms with Gasteiger partial charge in [-0.2, -0.15) is 0 Å². The van der Waals surface area contributed by atoms with Crippen molar-refractivity contribution < 1.29 is 23.8 Å². The molecule has 2 amide bonds. The van der Waals surface area contributed by atoms with Crippen LogP contribution in [0.5, 0.6) is 17.2 Å². The highest BCUT2D eigenvalue weighted by atomic mass is 35.5. The first-order valence-electron chi connectivity index (χ1n) is 10.6. The summed E-state index contributed by atoms with van der Waals surface area (Å²) in [6, 6.07) is 18.9. The third-order valence-electron chi connectivity index (χ3n) is 5.43. The summed E-state index contributed by atoms with van der Waals surface area (Å²) in [5.74, 6) is 1.41. The summed E-state index contributed by atoms with van der Waals surface area (Å²) >= 11 is 7.23. The lowest BCUT2D eigenvalue weighted by molar-refractivity contribution is -0.123. The average Bonchev–Trinajstić information content (AvgIpc) is 3.38. The van der Waals surface area contributed by atoms with Crippen molar-refractivity contribution in [3.63, 3.8) is 0 Å². The van der Waals surface area contributed by atoms with Crippen molar-refractivity contribution in [3.05, 3.63) is 92.8 Å². The second-order valence-electron chi connectivity index (χ2n) is 7.91. The quantitative estimate of drug-likeness (QED) is 0.381. The summed E-state index contributed by atoms with van der Waals surface area (Å²) in [6.45, 7) is 2.65. The Morgan fingerprint density at radius 2 is 1.82 bits per heavy atom. The Hall–Kier alpha value is -3.42. The molecule has 0 unspecified atom stereocenters. The number of aryl methyl sites for hydroxylation is 1. The van der Waals surface area contributed by atoms with Gasteiger partial charge in [-0.15, -0.1) is 0 Å². The minimum absolute atomic E-state index is 0.0528. The summed E-state index contributed by atoms with van der Waals surface area (Å²) in [4.78, 5) is 27.1. The summed E-state index contributed by atoms with van der Waals surface area (Å²) < 4.78 is 16.6. The van der Waals surface area contributed by atoms with E-state index in [-0.39, 0.29) is 24.5 Å². The first-order valence-corrected chi connectivity index (χ1v) is 11.8. The number of ether oxygens (including phenoxy) is 3. The lowest BCUT2D eigenvalue weighted by atomic mass is 10.1. The molecule has 0 N–H and O–H groups in total. The minimum Gasteiger partial charge on any atom is -0.489 e. The van der Waals surface area contributed by atoms with Crippen LogP contribution in [0.3, 0.4) is 0 Å². The predicted molar refractivity (Wildman–Crippen MR) is 131 cm³/mol. The van der Waals surface area contributed by atoms with Gasteiger partial charge < -0.3 is 14.2 Å². The largest absolute Gasteiger partial charge is 0.489 e. The van der Waals surface area contributed by atoms with Gasteiger partial charge in [0, 0.05) is 11.1 Å². The molecule has 2 heterocycles. The number of thioether (sulfide) groups is 1. The van der Waals surface area contributed by atoms with Crippen LogP contribution in [-0.2, 0) is 17.9 Å². The molecular weight excluding hydrogens is 474 g/mol. The number of amides is 2. The van der Waals surface area contributed by atoms with Crippen LogP contribution in [0.1, 0.15) is 22.3 Å². The molecule has 0 saturated carbocycles. The molecule has 1 fully saturated rings. The molecule has 172 valence electrons. The number of halogens is 1. The van der Waals surface area contributed by atoms with Crippen molar-refractivity contribution in [3.8, 4) is 17.2 Å². The smallest absolute Gasteiger partial charge is 0.293 e. The lowest BCUT2D eigenvalue weighted by Gasteiger charge is -2.14. The predicted octanol–water partition coefficient (Wildman–Crippen LogP) is 6.19. The third-order valence-corrected chi connectivity index (χ3v) is 6.68.